The van der Waals surface area contributed by atoms with Crippen molar-refractivity contribution in [1.29, 1.82) is 0 Å². The minimum Gasteiger partial charge on any atom is -0.497 e. The molecule has 1 spiro atoms. The predicted molar refractivity (Wildman–Crippen MR) is 183 cm³/mol. The van der Waals surface area contributed by atoms with Gasteiger partial charge in [-0.05, 0) is 42.2 Å². The van der Waals surface area contributed by atoms with E-state index in [9.17, 15) is 19.5 Å². The maximum Gasteiger partial charge on any atom is 0.313 e. The van der Waals surface area contributed by atoms with Crippen LogP contribution in [0.4, 0.5) is 5.69 Å². The van der Waals surface area contributed by atoms with Gasteiger partial charge in [-0.1, -0.05) is 68.5 Å². The molecule has 266 valence electrons. The maximum atomic E-state index is 15.0. The van der Waals surface area contributed by atoms with Gasteiger partial charge in [0, 0.05) is 25.8 Å². The van der Waals surface area contributed by atoms with E-state index in [-0.39, 0.29) is 31.4 Å². The van der Waals surface area contributed by atoms with Crippen LogP contribution in [0, 0.1) is 17.8 Å². The van der Waals surface area contributed by atoms with Crippen molar-refractivity contribution in [3.8, 4) is 5.75 Å². The first-order chi connectivity index (χ1) is 24.1. The number of anilines is 1. The van der Waals surface area contributed by atoms with Gasteiger partial charge in [0.25, 0.3) is 5.91 Å². The van der Waals surface area contributed by atoms with Crippen molar-refractivity contribution in [1.82, 2.24) is 10.2 Å². The number of hydrogen-bond acceptors (Lipinski definition) is 9. The summed E-state index contributed by atoms with van der Waals surface area (Å²) in [5, 5.41) is 13.6. The van der Waals surface area contributed by atoms with Gasteiger partial charge in [-0.3, -0.25) is 19.2 Å². The molecule has 50 heavy (non-hydrogen) atoms. The molecule has 12 heteroatoms. The molecule has 2 aromatic rings. The molecule has 2 N–H and O–H groups in total. The summed E-state index contributed by atoms with van der Waals surface area (Å²) in [6.07, 6.45) is 5.84. The fourth-order valence-corrected chi connectivity index (χ4v) is 7.77. The predicted octanol–water partition coefficient (Wildman–Crippen LogP) is 2.96. The summed E-state index contributed by atoms with van der Waals surface area (Å²) < 4.78 is 23.7. The number of aliphatic hydroxyl groups is 1. The Bertz CT molecular complexity index is 1630. The molecule has 4 heterocycles. The molecular formula is C38H45N3O9. The minimum atomic E-state index is -1.49. The first-order valence-corrected chi connectivity index (χ1v) is 17.1. The van der Waals surface area contributed by atoms with Crippen molar-refractivity contribution in [2.45, 2.75) is 62.6 Å². The Morgan fingerprint density at radius 2 is 1.74 bits per heavy atom. The molecule has 4 aliphatic heterocycles. The van der Waals surface area contributed by atoms with Crippen LogP contribution in [0.3, 0.4) is 0 Å². The number of likely N-dealkylation sites (tertiary alicyclic amines) is 1. The van der Waals surface area contributed by atoms with E-state index in [0.29, 0.717) is 23.4 Å². The summed E-state index contributed by atoms with van der Waals surface area (Å²) in [6.45, 7) is 3.53. The molecule has 0 aliphatic carbocycles. The highest BCUT2D eigenvalue weighted by atomic mass is 16.6. The Labute approximate surface area is 292 Å². The molecule has 8 atom stereocenters. The van der Waals surface area contributed by atoms with Crippen molar-refractivity contribution in [2.24, 2.45) is 17.8 Å². The van der Waals surface area contributed by atoms with Gasteiger partial charge in [-0.15, -0.1) is 0 Å². The number of nitrogens with zero attached hydrogens (tertiary/aromatic N) is 2. The van der Waals surface area contributed by atoms with Gasteiger partial charge in [0.15, 0.2) is 0 Å². The Morgan fingerprint density at radius 3 is 2.40 bits per heavy atom. The summed E-state index contributed by atoms with van der Waals surface area (Å²) in [5.41, 5.74) is -0.303. The number of hydrogen-bond donors (Lipinski definition) is 2. The second kappa shape index (κ2) is 14.8. The van der Waals surface area contributed by atoms with Gasteiger partial charge >= 0.3 is 5.97 Å². The maximum absolute atomic E-state index is 15.0. The van der Waals surface area contributed by atoms with Crippen molar-refractivity contribution < 1.29 is 43.2 Å². The average Bonchev–Trinajstić information content (AvgIpc) is 3.76. The minimum absolute atomic E-state index is 0.0545. The Balaban J connectivity index is 1.48. The fourth-order valence-electron chi connectivity index (χ4n) is 7.77. The van der Waals surface area contributed by atoms with E-state index in [1.807, 2.05) is 44.2 Å². The molecule has 12 nitrogen and oxygen atoms in total. The fraction of sp³-hybridized carbons (Fsp3) is 0.474. The zero-order valence-corrected chi connectivity index (χ0v) is 28.8. The van der Waals surface area contributed by atoms with Gasteiger partial charge in [0.2, 0.25) is 11.8 Å². The molecular weight excluding hydrogens is 642 g/mol. The van der Waals surface area contributed by atoms with E-state index >= 15 is 4.79 Å². The summed E-state index contributed by atoms with van der Waals surface area (Å²) in [6, 6.07) is 13.4. The van der Waals surface area contributed by atoms with Crippen LogP contribution in [-0.4, -0.2) is 97.5 Å². The van der Waals surface area contributed by atoms with E-state index in [1.54, 1.807) is 60.6 Å². The SMILES string of the molecule is COC[C@H]1NC(=O)CC/C=C\CN(c2ccc(OC)cc2)C(=O)[C@@H]2N([C@@H](CO)C(C)C)C(=O)[C@H]3[C@H](C(=O)O[C@@H]1c1ccccc1)[C@@H]1C=C[C@]23O1. The van der Waals surface area contributed by atoms with Crippen LogP contribution in [0.25, 0.3) is 0 Å². The van der Waals surface area contributed by atoms with Gasteiger partial charge in [0.1, 0.15) is 29.4 Å². The Morgan fingerprint density at radius 1 is 1.00 bits per heavy atom. The number of rotatable bonds is 8. The van der Waals surface area contributed by atoms with E-state index in [2.05, 4.69) is 5.32 Å². The number of methoxy groups -OCH3 is 2. The van der Waals surface area contributed by atoms with Crippen LogP contribution in [0.2, 0.25) is 0 Å². The van der Waals surface area contributed by atoms with Crippen molar-refractivity contribution in [3.63, 3.8) is 0 Å². The van der Waals surface area contributed by atoms with E-state index in [0.717, 1.165) is 0 Å². The van der Waals surface area contributed by atoms with Gasteiger partial charge in [-0.25, -0.2) is 0 Å². The van der Waals surface area contributed by atoms with E-state index in [1.165, 1.54) is 12.0 Å². The van der Waals surface area contributed by atoms with Crippen LogP contribution in [-0.2, 0) is 33.4 Å². The van der Waals surface area contributed by atoms with Crippen LogP contribution < -0.4 is 15.0 Å². The number of aliphatic hydroxyl groups excluding tert-OH is 1. The number of cyclic esters (lactones) is 1. The van der Waals surface area contributed by atoms with Crippen LogP contribution >= 0.6 is 0 Å². The van der Waals surface area contributed by atoms with E-state index in [4.69, 9.17) is 18.9 Å². The Kier molecular flexibility index (Phi) is 10.4. The number of benzene rings is 2. The highest BCUT2D eigenvalue weighted by Crippen LogP contribution is 2.56. The number of carbonyl (C=O) groups is 4. The van der Waals surface area contributed by atoms with Crippen LogP contribution in [0.15, 0.2) is 78.9 Å². The number of carbonyl (C=O) groups excluding carboxylic acids is 4. The highest BCUT2D eigenvalue weighted by molar-refractivity contribution is 6.05. The van der Waals surface area contributed by atoms with Crippen molar-refractivity contribution >= 4 is 29.4 Å². The van der Waals surface area contributed by atoms with Gasteiger partial charge in [0.05, 0.1) is 44.4 Å². The monoisotopic (exact) mass is 687 g/mol. The zero-order chi connectivity index (χ0) is 35.6. The lowest BCUT2D eigenvalue weighted by Crippen LogP contribution is -2.59. The average molecular weight is 688 g/mol. The first kappa shape index (κ1) is 35.3. The van der Waals surface area contributed by atoms with Crippen LogP contribution in [0.5, 0.6) is 5.75 Å². The molecule has 2 aromatic carbocycles. The molecule has 0 aromatic heterocycles. The third-order valence-electron chi connectivity index (χ3n) is 10.2. The number of nitrogens with one attached hydrogen (secondary N) is 1. The number of ether oxygens (including phenoxy) is 4. The third kappa shape index (κ3) is 6.31. The van der Waals surface area contributed by atoms with Gasteiger partial charge in [-0.2, -0.15) is 0 Å². The smallest absolute Gasteiger partial charge is 0.313 e. The lowest BCUT2D eigenvalue weighted by molar-refractivity contribution is -0.162. The summed E-state index contributed by atoms with van der Waals surface area (Å²) in [5.74, 6) is -3.66. The molecule has 2 saturated heterocycles. The second-order valence-electron chi connectivity index (χ2n) is 13.5. The van der Waals surface area contributed by atoms with Crippen molar-refractivity contribution in [2.75, 3.05) is 38.9 Å². The molecule has 5 bridgehead atoms. The normalized spacial score (nSPS) is 31.1. The topological polar surface area (TPSA) is 144 Å². The third-order valence-corrected chi connectivity index (χ3v) is 10.2. The zero-order valence-electron chi connectivity index (χ0n) is 28.8. The first-order valence-electron chi connectivity index (χ1n) is 17.1. The highest BCUT2D eigenvalue weighted by Gasteiger charge is 2.74. The van der Waals surface area contributed by atoms with Gasteiger partial charge < -0.3 is 39.2 Å². The molecule has 4 aliphatic rings. The standard InChI is InChI=1S/C38H45N3O9/c1-23(2)28(21-42)41-34-36(45)40(25-14-16-26(48-4)17-15-25)20-10-6-9-13-30(43)39-27(22-47-3)33(24-11-7-5-8-12-24)49-37(46)31-29-18-19-38(34,50-29)32(31)35(41)44/h5-8,10-12,14-19,23,27-29,31-34,42H,9,13,20-22H2,1-4H3,(H,39,43)/b10-6-/t27-,28+,29+,31-,32-,33-,34+,38-/m1/s1. The number of amides is 3. The number of esters is 1. The summed E-state index contributed by atoms with van der Waals surface area (Å²) >= 11 is 0. The molecule has 0 saturated carbocycles. The Hall–Kier alpha value is -4.52. The molecule has 6 rings (SSSR count). The lowest BCUT2D eigenvalue weighted by atomic mass is 9.74. The largest absolute Gasteiger partial charge is 0.497 e. The van der Waals surface area contributed by atoms with E-state index < -0.39 is 72.2 Å². The molecule has 0 unspecified atom stereocenters. The molecule has 3 amide bonds. The molecule has 0 radical (unpaired) electrons. The van der Waals surface area contributed by atoms with Crippen LogP contribution in [0.1, 0.15) is 38.4 Å². The van der Waals surface area contributed by atoms with Crippen molar-refractivity contribution in [3.05, 3.63) is 84.5 Å². The quantitative estimate of drug-likeness (QED) is 0.316. The summed E-state index contributed by atoms with van der Waals surface area (Å²) in [4.78, 5) is 60.4. The second-order valence-corrected chi connectivity index (χ2v) is 13.5. The number of allylic oxidation sites excluding steroid dienone is 1. The number of fused-ring (bicyclic) bond motifs is 2. The summed E-state index contributed by atoms with van der Waals surface area (Å²) in [7, 11) is 3.06. The lowest BCUT2D eigenvalue weighted by Gasteiger charge is -2.40. The molecule has 2 fully saturated rings.